The topological polar surface area (TPSA) is 136 Å². The lowest BCUT2D eigenvalue weighted by Gasteiger charge is -2.23. The fourth-order valence-electron chi connectivity index (χ4n) is 3.51. The summed E-state index contributed by atoms with van der Waals surface area (Å²) in [5.74, 6) is -0.620. The number of sulfonamides is 1. The van der Waals surface area contributed by atoms with Gasteiger partial charge in [-0.3, -0.25) is 19.7 Å². The number of nitrogens with zero attached hydrogens (tertiary/aromatic N) is 2. The van der Waals surface area contributed by atoms with Gasteiger partial charge in [0.25, 0.3) is 15.7 Å². The first-order chi connectivity index (χ1) is 16.3. The van der Waals surface area contributed by atoms with E-state index in [0.29, 0.717) is 21.5 Å². The molecule has 0 radical (unpaired) electrons. The van der Waals surface area contributed by atoms with E-state index in [4.69, 9.17) is 4.74 Å². The van der Waals surface area contributed by atoms with Gasteiger partial charge in [0.05, 0.1) is 9.82 Å². The van der Waals surface area contributed by atoms with Crippen molar-refractivity contribution in [1.82, 2.24) is 4.31 Å². The van der Waals surface area contributed by atoms with Crippen LogP contribution in [0.25, 0.3) is 0 Å². The van der Waals surface area contributed by atoms with Crippen molar-refractivity contribution in [3.05, 3.63) is 89.0 Å². The van der Waals surface area contributed by atoms with Crippen LogP contribution >= 0.6 is 0 Å². The lowest BCUT2D eigenvalue weighted by Crippen LogP contribution is -2.45. The first-order valence-corrected chi connectivity index (χ1v) is 11.7. The molecule has 1 heterocycles. The highest BCUT2D eigenvalue weighted by atomic mass is 32.2. The maximum atomic E-state index is 13.2. The second kappa shape index (κ2) is 9.32. The summed E-state index contributed by atoms with van der Waals surface area (Å²) < 4.78 is 32.6. The predicted molar refractivity (Wildman–Crippen MR) is 122 cm³/mol. The molecule has 0 aromatic heterocycles. The average Bonchev–Trinajstić information content (AvgIpc) is 3.23. The summed E-state index contributed by atoms with van der Waals surface area (Å²) in [6.07, 6.45) is 0.0194. The van der Waals surface area contributed by atoms with Gasteiger partial charge < -0.3 is 10.1 Å². The zero-order chi connectivity index (χ0) is 24.3. The Morgan fingerprint density at radius 3 is 2.15 bits per heavy atom. The largest absolute Gasteiger partial charge is 0.457 e. The Bertz CT molecular complexity index is 1330. The number of carbonyl (C=O) groups is 2. The van der Waals surface area contributed by atoms with Crippen LogP contribution in [-0.4, -0.2) is 35.5 Å². The Balaban J connectivity index is 1.51. The first-order valence-electron chi connectivity index (χ1n) is 10.2. The number of hydrogen-bond donors (Lipinski definition) is 1. The van der Waals surface area contributed by atoms with Crippen LogP contribution in [0.5, 0.6) is 11.5 Å². The second-order valence-corrected chi connectivity index (χ2v) is 9.24. The molecule has 0 spiro atoms. The molecule has 3 aromatic carbocycles. The standard InChI is InChI=1S/C23H19N3O7S/c27-22-15-14-21(23(28)24-16-4-2-1-3-5-16)25(22)34(31,32)20-12-10-19(11-13-20)33-18-8-6-17(7-9-18)26(29)30/h1-13,21H,14-15H2,(H,24,28)/t21-/m0/s1. The van der Waals surface area contributed by atoms with E-state index in [9.17, 15) is 28.1 Å². The van der Waals surface area contributed by atoms with Gasteiger partial charge in [0.2, 0.25) is 11.8 Å². The van der Waals surface area contributed by atoms with Crippen molar-refractivity contribution in [2.75, 3.05) is 5.32 Å². The van der Waals surface area contributed by atoms with Gasteiger partial charge in [0.1, 0.15) is 17.5 Å². The number of ether oxygens (including phenoxy) is 1. The van der Waals surface area contributed by atoms with E-state index in [1.807, 2.05) is 0 Å². The number of nitrogens with one attached hydrogen (secondary N) is 1. The number of benzene rings is 3. The number of nitro benzene ring substituents is 1. The molecule has 3 aromatic rings. The van der Waals surface area contributed by atoms with Gasteiger partial charge in [0, 0.05) is 24.2 Å². The zero-order valence-electron chi connectivity index (χ0n) is 17.7. The molecular weight excluding hydrogens is 462 g/mol. The van der Waals surface area contributed by atoms with E-state index in [1.165, 1.54) is 48.5 Å². The summed E-state index contributed by atoms with van der Waals surface area (Å²) >= 11 is 0. The minimum Gasteiger partial charge on any atom is -0.457 e. The summed E-state index contributed by atoms with van der Waals surface area (Å²) in [6, 6.07) is 18.1. The number of non-ortho nitro benzene ring substituents is 1. The molecule has 1 saturated heterocycles. The highest BCUT2D eigenvalue weighted by Gasteiger charge is 2.44. The number of rotatable bonds is 7. The number of hydrogen-bond acceptors (Lipinski definition) is 7. The van der Waals surface area contributed by atoms with E-state index in [-0.39, 0.29) is 23.4 Å². The molecule has 1 aliphatic rings. The molecule has 0 aliphatic carbocycles. The maximum absolute atomic E-state index is 13.2. The molecule has 4 rings (SSSR count). The van der Waals surface area contributed by atoms with Crippen LogP contribution < -0.4 is 10.1 Å². The highest BCUT2D eigenvalue weighted by Crippen LogP contribution is 2.30. The molecule has 0 bridgehead atoms. The van der Waals surface area contributed by atoms with Crippen molar-refractivity contribution in [1.29, 1.82) is 0 Å². The zero-order valence-corrected chi connectivity index (χ0v) is 18.5. The van der Waals surface area contributed by atoms with Crippen molar-refractivity contribution < 1.29 is 27.7 Å². The van der Waals surface area contributed by atoms with Crippen LogP contribution in [-0.2, 0) is 19.6 Å². The molecule has 2 amide bonds. The van der Waals surface area contributed by atoms with Crippen molar-refractivity contribution in [3.8, 4) is 11.5 Å². The quantitative estimate of drug-likeness (QED) is 0.401. The molecule has 1 atom stereocenters. The normalized spacial score (nSPS) is 15.7. The molecule has 0 unspecified atom stereocenters. The first kappa shape index (κ1) is 22.9. The molecule has 34 heavy (non-hydrogen) atoms. The van der Waals surface area contributed by atoms with Gasteiger partial charge in [-0.05, 0) is 55.0 Å². The molecule has 1 aliphatic heterocycles. The molecule has 174 valence electrons. The van der Waals surface area contributed by atoms with Crippen molar-refractivity contribution in [2.24, 2.45) is 0 Å². The Morgan fingerprint density at radius 1 is 0.971 bits per heavy atom. The van der Waals surface area contributed by atoms with Crippen molar-refractivity contribution in [3.63, 3.8) is 0 Å². The summed E-state index contributed by atoms with van der Waals surface area (Å²) in [5, 5.41) is 13.4. The maximum Gasteiger partial charge on any atom is 0.269 e. The van der Waals surface area contributed by atoms with E-state index in [2.05, 4.69) is 5.32 Å². The van der Waals surface area contributed by atoms with Crippen LogP contribution in [0.2, 0.25) is 0 Å². The fourth-order valence-corrected chi connectivity index (χ4v) is 5.12. The molecular formula is C23H19N3O7S. The van der Waals surface area contributed by atoms with Crippen molar-refractivity contribution >= 4 is 33.2 Å². The summed E-state index contributed by atoms with van der Waals surface area (Å²) in [5.41, 5.74) is 0.409. The number of amides is 2. The Morgan fingerprint density at radius 2 is 1.56 bits per heavy atom. The van der Waals surface area contributed by atoms with E-state index < -0.39 is 32.8 Å². The van der Waals surface area contributed by atoms with Crippen LogP contribution in [0.3, 0.4) is 0 Å². The van der Waals surface area contributed by atoms with Gasteiger partial charge >= 0.3 is 0 Å². The van der Waals surface area contributed by atoms with Crippen LogP contribution in [0.15, 0.2) is 83.8 Å². The highest BCUT2D eigenvalue weighted by molar-refractivity contribution is 7.89. The van der Waals surface area contributed by atoms with Gasteiger partial charge in [-0.25, -0.2) is 12.7 Å². The third-order valence-corrected chi connectivity index (χ3v) is 7.01. The van der Waals surface area contributed by atoms with Crippen LogP contribution in [0.1, 0.15) is 12.8 Å². The number of anilines is 1. The average molecular weight is 481 g/mol. The van der Waals surface area contributed by atoms with Crippen LogP contribution in [0, 0.1) is 10.1 Å². The number of carbonyl (C=O) groups excluding carboxylic acids is 2. The van der Waals surface area contributed by atoms with Gasteiger partial charge in [0.15, 0.2) is 0 Å². The molecule has 1 fully saturated rings. The third kappa shape index (κ3) is 4.74. The number of para-hydroxylation sites is 1. The third-order valence-electron chi connectivity index (χ3n) is 5.17. The summed E-state index contributed by atoms with van der Waals surface area (Å²) in [4.78, 5) is 35.2. The number of nitro groups is 1. The second-order valence-electron chi connectivity index (χ2n) is 7.43. The molecule has 1 N–H and O–H groups in total. The van der Waals surface area contributed by atoms with Crippen molar-refractivity contribution in [2.45, 2.75) is 23.8 Å². The minimum atomic E-state index is -4.29. The Kier molecular flexibility index (Phi) is 6.28. The SMILES string of the molecule is O=C(Nc1ccccc1)[C@@H]1CCC(=O)N1S(=O)(=O)c1ccc(Oc2ccc([N+](=O)[O-])cc2)cc1. The predicted octanol–water partition coefficient (Wildman–Crippen LogP) is 3.71. The van der Waals surface area contributed by atoms with E-state index >= 15 is 0 Å². The smallest absolute Gasteiger partial charge is 0.269 e. The van der Waals surface area contributed by atoms with Gasteiger partial charge in [-0.1, -0.05) is 18.2 Å². The summed E-state index contributed by atoms with van der Waals surface area (Å²) in [6.45, 7) is 0. The Labute approximate surface area is 195 Å². The van der Waals surface area contributed by atoms with Gasteiger partial charge in [-0.2, -0.15) is 0 Å². The van der Waals surface area contributed by atoms with E-state index in [1.54, 1.807) is 30.3 Å². The Hall–Kier alpha value is -4.25. The van der Waals surface area contributed by atoms with Gasteiger partial charge in [-0.15, -0.1) is 0 Å². The molecule has 10 nitrogen and oxygen atoms in total. The monoisotopic (exact) mass is 481 g/mol. The fraction of sp³-hybridized carbons (Fsp3) is 0.130. The lowest BCUT2D eigenvalue weighted by atomic mass is 10.2. The van der Waals surface area contributed by atoms with Crippen LogP contribution in [0.4, 0.5) is 11.4 Å². The lowest BCUT2D eigenvalue weighted by molar-refractivity contribution is -0.384. The van der Waals surface area contributed by atoms with E-state index in [0.717, 1.165) is 0 Å². The summed E-state index contributed by atoms with van der Waals surface area (Å²) in [7, 11) is -4.29. The molecule has 11 heteroatoms. The molecule has 0 saturated carbocycles. The minimum absolute atomic E-state index is 0.0621.